The number of fused-ring (bicyclic) bond motifs is 1. The Morgan fingerprint density at radius 2 is 2.15 bits per heavy atom. The highest BCUT2D eigenvalue weighted by Gasteiger charge is 2.26. The number of amides is 1. The van der Waals surface area contributed by atoms with Crippen molar-refractivity contribution >= 4 is 35.1 Å². The topological polar surface area (TPSA) is 42.0 Å². The predicted octanol–water partition coefficient (Wildman–Crippen LogP) is 3.82. The van der Waals surface area contributed by atoms with Crippen LogP contribution in [0.4, 0.5) is 5.82 Å². The molecular formula is C15H13ClN2OS. The summed E-state index contributed by atoms with van der Waals surface area (Å²) in [5.41, 5.74) is 3.35. The minimum Gasteiger partial charge on any atom is -0.310 e. The van der Waals surface area contributed by atoms with Crippen LogP contribution in [0.5, 0.6) is 0 Å². The molecule has 0 aliphatic carbocycles. The summed E-state index contributed by atoms with van der Waals surface area (Å²) in [5, 5.41) is 3.49. The Balaban J connectivity index is 2.15. The number of nitrogens with one attached hydrogen (secondary N) is 1. The van der Waals surface area contributed by atoms with Gasteiger partial charge < -0.3 is 5.32 Å². The summed E-state index contributed by atoms with van der Waals surface area (Å²) in [5.74, 6) is 0.993. The van der Waals surface area contributed by atoms with Gasteiger partial charge in [0, 0.05) is 11.8 Å². The van der Waals surface area contributed by atoms with E-state index < -0.39 is 0 Å². The van der Waals surface area contributed by atoms with E-state index in [9.17, 15) is 4.79 Å². The highest BCUT2D eigenvalue weighted by Crippen LogP contribution is 2.42. The van der Waals surface area contributed by atoms with Gasteiger partial charge in [0.1, 0.15) is 5.82 Å². The molecule has 0 spiro atoms. The molecule has 1 amide bonds. The van der Waals surface area contributed by atoms with E-state index in [1.807, 2.05) is 18.2 Å². The molecule has 0 saturated heterocycles. The molecule has 0 bridgehead atoms. The summed E-state index contributed by atoms with van der Waals surface area (Å²) in [6, 6.07) is 10.1. The maximum atomic E-state index is 11.8. The van der Waals surface area contributed by atoms with Gasteiger partial charge in [-0.1, -0.05) is 35.9 Å². The lowest BCUT2D eigenvalue weighted by atomic mass is 10.0. The maximum absolute atomic E-state index is 11.8. The second-order valence-corrected chi connectivity index (χ2v) is 6.22. The number of anilines is 1. The Kier molecular flexibility index (Phi) is 3.68. The highest BCUT2D eigenvalue weighted by atomic mass is 35.5. The van der Waals surface area contributed by atoms with Crippen molar-refractivity contribution in [3.63, 3.8) is 0 Å². The van der Waals surface area contributed by atoms with Crippen LogP contribution in [0.3, 0.4) is 0 Å². The van der Waals surface area contributed by atoms with Gasteiger partial charge in [-0.25, -0.2) is 4.98 Å². The van der Waals surface area contributed by atoms with Gasteiger partial charge >= 0.3 is 0 Å². The third kappa shape index (κ3) is 2.53. The number of nitrogens with zero attached hydrogens (tertiary/aromatic N) is 1. The number of halogens is 1. The zero-order valence-electron chi connectivity index (χ0n) is 10.9. The first-order valence-electron chi connectivity index (χ1n) is 6.27. The molecule has 3 rings (SSSR count). The van der Waals surface area contributed by atoms with E-state index in [0.717, 1.165) is 5.56 Å². The summed E-state index contributed by atoms with van der Waals surface area (Å²) in [6.07, 6.45) is 1.56. The fourth-order valence-corrected chi connectivity index (χ4v) is 3.67. The van der Waals surface area contributed by atoms with E-state index in [2.05, 4.69) is 29.4 Å². The van der Waals surface area contributed by atoms with E-state index in [1.54, 1.807) is 18.0 Å². The first-order chi connectivity index (χ1) is 9.65. The van der Waals surface area contributed by atoms with Crippen molar-refractivity contribution in [3.8, 4) is 0 Å². The van der Waals surface area contributed by atoms with Crippen LogP contribution in [0.25, 0.3) is 0 Å². The number of benzene rings is 1. The van der Waals surface area contributed by atoms with Crippen LogP contribution >= 0.6 is 23.4 Å². The van der Waals surface area contributed by atoms with Crippen LogP contribution in [0.15, 0.2) is 36.5 Å². The lowest BCUT2D eigenvalue weighted by Gasteiger charge is -2.18. The van der Waals surface area contributed by atoms with Gasteiger partial charge in [0.2, 0.25) is 5.91 Å². The molecule has 1 N–H and O–H groups in total. The number of aromatic nitrogens is 1. The molecule has 102 valence electrons. The van der Waals surface area contributed by atoms with Crippen LogP contribution in [-0.2, 0) is 4.79 Å². The van der Waals surface area contributed by atoms with Crippen LogP contribution < -0.4 is 5.32 Å². The lowest BCUT2D eigenvalue weighted by molar-refractivity contribution is -0.113. The van der Waals surface area contributed by atoms with Crippen LogP contribution in [0.1, 0.15) is 21.9 Å². The van der Waals surface area contributed by atoms with E-state index in [4.69, 9.17) is 11.6 Å². The number of pyridine rings is 1. The summed E-state index contributed by atoms with van der Waals surface area (Å²) in [6.45, 7) is 2.08. The number of hydrogen-bond donors (Lipinski definition) is 1. The van der Waals surface area contributed by atoms with Crippen molar-refractivity contribution in [2.75, 3.05) is 11.1 Å². The SMILES string of the molecule is Cc1ccccc1C1SCC(=O)Nc2ncc(Cl)cc21. The fraction of sp³-hybridized carbons (Fsp3) is 0.200. The lowest BCUT2D eigenvalue weighted by Crippen LogP contribution is -2.13. The summed E-state index contributed by atoms with van der Waals surface area (Å²) in [4.78, 5) is 16.0. The molecular weight excluding hydrogens is 292 g/mol. The Bertz CT molecular complexity index is 675. The molecule has 0 fully saturated rings. The average molecular weight is 305 g/mol. The van der Waals surface area contributed by atoms with E-state index >= 15 is 0 Å². The van der Waals surface area contributed by atoms with Gasteiger partial charge in [0.05, 0.1) is 16.0 Å². The Morgan fingerprint density at radius 1 is 1.35 bits per heavy atom. The summed E-state index contributed by atoms with van der Waals surface area (Å²) >= 11 is 7.67. The van der Waals surface area contributed by atoms with Gasteiger partial charge in [-0.05, 0) is 24.1 Å². The monoisotopic (exact) mass is 304 g/mol. The number of carbonyl (C=O) groups is 1. The normalized spacial score (nSPS) is 18.1. The van der Waals surface area contributed by atoms with Gasteiger partial charge in [0.25, 0.3) is 0 Å². The van der Waals surface area contributed by atoms with E-state index in [0.29, 0.717) is 16.6 Å². The second-order valence-electron chi connectivity index (χ2n) is 4.69. The molecule has 1 aliphatic heterocycles. The van der Waals surface area contributed by atoms with Crippen molar-refractivity contribution in [3.05, 3.63) is 58.2 Å². The number of hydrogen-bond acceptors (Lipinski definition) is 3. The Morgan fingerprint density at radius 3 is 2.95 bits per heavy atom. The van der Waals surface area contributed by atoms with Crippen molar-refractivity contribution in [1.29, 1.82) is 0 Å². The second kappa shape index (κ2) is 5.46. The van der Waals surface area contributed by atoms with Crippen molar-refractivity contribution < 1.29 is 4.79 Å². The first-order valence-corrected chi connectivity index (χ1v) is 7.70. The zero-order chi connectivity index (χ0) is 14.1. The average Bonchev–Trinajstić information content (AvgIpc) is 2.58. The van der Waals surface area contributed by atoms with E-state index in [1.165, 1.54) is 11.1 Å². The Hall–Kier alpha value is -1.52. The molecule has 3 nitrogen and oxygen atoms in total. The third-order valence-electron chi connectivity index (χ3n) is 3.28. The predicted molar refractivity (Wildman–Crippen MR) is 83.4 cm³/mol. The first kappa shape index (κ1) is 13.5. The molecule has 2 aromatic rings. The number of carbonyl (C=O) groups excluding carboxylic acids is 1. The number of rotatable bonds is 1. The highest BCUT2D eigenvalue weighted by molar-refractivity contribution is 8.00. The quantitative estimate of drug-likeness (QED) is 0.871. The standard InChI is InChI=1S/C15H13ClN2OS/c1-9-4-2-3-5-11(9)14-12-6-10(16)7-17-15(12)18-13(19)8-20-14/h2-7,14H,8H2,1H3,(H,17,18,19). The zero-order valence-corrected chi connectivity index (χ0v) is 12.5. The number of aryl methyl sites for hydroxylation is 1. The van der Waals surface area contributed by atoms with Crippen LogP contribution in [0.2, 0.25) is 5.02 Å². The van der Waals surface area contributed by atoms with E-state index in [-0.39, 0.29) is 11.2 Å². The van der Waals surface area contributed by atoms with Gasteiger partial charge in [0.15, 0.2) is 0 Å². The molecule has 1 atom stereocenters. The molecule has 1 aromatic carbocycles. The van der Waals surface area contributed by atoms with Gasteiger partial charge in [-0.3, -0.25) is 4.79 Å². The molecule has 20 heavy (non-hydrogen) atoms. The molecule has 0 saturated carbocycles. The largest absolute Gasteiger partial charge is 0.310 e. The van der Waals surface area contributed by atoms with Gasteiger partial charge in [-0.15, -0.1) is 11.8 Å². The molecule has 2 heterocycles. The number of thioether (sulfide) groups is 1. The molecule has 1 aromatic heterocycles. The Labute approximate surface area is 126 Å². The van der Waals surface area contributed by atoms with Crippen LogP contribution in [-0.4, -0.2) is 16.6 Å². The molecule has 5 heteroatoms. The molecule has 1 aliphatic rings. The minimum atomic E-state index is -0.0258. The maximum Gasteiger partial charge on any atom is 0.235 e. The smallest absolute Gasteiger partial charge is 0.235 e. The summed E-state index contributed by atoms with van der Waals surface area (Å²) in [7, 11) is 0. The van der Waals surface area contributed by atoms with Crippen molar-refractivity contribution in [1.82, 2.24) is 4.98 Å². The van der Waals surface area contributed by atoms with Gasteiger partial charge in [-0.2, -0.15) is 0 Å². The molecule has 0 radical (unpaired) electrons. The minimum absolute atomic E-state index is 0.0258. The van der Waals surface area contributed by atoms with Crippen molar-refractivity contribution in [2.24, 2.45) is 0 Å². The van der Waals surface area contributed by atoms with Crippen LogP contribution in [0, 0.1) is 6.92 Å². The fourth-order valence-electron chi connectivity index (χ4n) is 2.31. The summed E-state index contributed by atoms with van der Waals surface area (Å²) < 4.78 is 0. The third-order valence-corrected chi connectivity index (χ3v) is 4.75. The van der Waals surface area contributed by atoms with Crippen molar-refractivity contribution in [2.45, 2.75) is 12.2 Å². The molecule has 1 unspecified atom stereocenters.